The molecular formula is C8H18O3. The summed E-state index contributed by atoms with van der Waals surface area (Å²) in [6.45, 7) is 6.13. The SMILES string of the molecule is CCO[C@H](C(C)C)[C@@H](O)CO. The molecule has 0 saturated carbocycles. The molecule has 0 aliphatic heterocycles. The van der Waals surface area contributed by atoms with Crippen LogP contribution in [0.5, 0.6) is 0 Å². The van der Waals surface area contributed by atoms with Gasteiger partial charge in [-0.25, -0.2) is 0 Å². The molecule has 0 radical (unpaired) electrons. The van der Waals surface area contributed by atoms with E-state index in [0.717, 1.165) is 0 Å². The Labute approximate surface area is 68.0 Å². The minimum absolute atomic E-state index is 0.233. The maximum atomic E-state index is 9.24. The van der Waals surface area contributed by atoms with Gasteiger partial charge in [0.15, 0.2) is 0 Å². The van der Waals surface area contributed by atoms with E-state index in [1.54, 1.807) is 0 Å². The van der Waals surface area contributed by atoms with E-state index in [9.17, 15) is 5.11 Å². The molecule has 0 unspecified atom stereocenters. The lowest BCUT2D eigenvalue weighted by molar-refractivity contribution is -0.0749. The van der Waals surface area contributed by atoms with E-state index in [0.29, 0.717) is 6.61 Å². The molecular weight excluding hydrogens is 144 g/mol. The number of hydrogen-bond donors (Lipinski definition) is 2. The third-order valence-electron chi connectivity index (χ3n) is 1.58. The van der Waals surface area contributed by atoms with Crippen molar-refractivity contribution in [3.63, 3.8) is 0 Å². The lowest BCUT2D eigenvalue weighted by atomic mass is 10.0. The van der Waals surface area contributed by atoms with Crippen LogP contribution in [0.3, 0.4) is 0 Å². The lowest BCUT2D eigenvalue weighted by Crippen LogP contribution is -2.36. The zero-order chi connectivity index (χ0) is 8.85. The third-order valence-corrected chi connectivity index (χ3v) is 1.58. The molecule has 11 heavy (non-hydrogen) atoms. The zero-order valence-corrected chi connectivity index (χ0v) is 7.45. The molecule has 2 atom stereocenters. The Morgan fingerprint density at radius 3 is 2.18 bits per heavy atom. The highest BCUT2D eigenvalue weighted by Crippen LogP contribution is 2.10. The molecule has 3 heteroatoms. The number of hydrogen-bond acceptors (Lipinski definition) is 3. The highest BCUT2D eigenvalue weighted by Gasteiger charge is 2.21. The molecule has 0 aromatic heterocycles. The number of ether oxygens (including phenoxy) is 1. The van der Waals surface area contributed by atoms with Gasteiger partial charge in [-0.2, -0.15) is 0 Å². The average Bonchev–Trinajstić information content (AvgIpc) is 1.98. The van der Waals surface area contributed by atoms with Crippen molar-refractivity contribution in [3.05, 3.63) is 0 Å². The summed E-state index contributed by atoms with van der Waals surface area (Å²) in [5, 5.41) is 17.9. The van der Waals surface area contributed by atoms with E-state index in [-0.39, 0.29) is 18.6 Å². The maximum absolute atomic E-state index is 9.24. The molecule has 0 aliphatic rings. The standard InChI is InChI=1S/C8H18O3/c1-4-11-8(6(2)3)7(10)5-9/h6-10H,4-5H2,1-3H3/t7-,8+/m0/s1. The summed E-state index contributed by atoms with van der Waals surface area (Å²) in [6.07, 6.45) is -1.00. The van der Waals surface area contributed by atoms with Gasteiger partial charge in [-0.15, -0.1) is 0 Å². The fraction of sp³-hybridized carbons (Fsp3) is 1.00. The highest BCUT2D eigenvalue weighted by molar-refractivity contribution is 4.70. The van der Waals surface area contributed by atoms with Crippen LogP contribution in [0.4, 0.5) is 0 Å². The van der Waals surface area contributed by atoms with Crippen molar-refractivity contribution >= 4 is 0 Å². The molecule has 0 fully saturated rings. The van der Waals surface area contributed by atoms with E-state index in [4.69, 9.17) is 9.84 Å². The summed E-state index contributed by atoms with van der Waals surface area (Å²) in [6, 6.07) is 0. The summed E-state index contributed by atoms with van der Waals surface area (Å²) < 4.78 is 5.25. The van der Waals surface area contributed by atoms with Crippen molar-refractivity contribution in [2.75, 3.05) is 13.2 Å². The third kappa shape index (κ3) is 3.70. The van der Waals surface area contributed by atoms with Gasteiger partial charge in [-0.3, -0.25) is 0 Å². The second-order valence-electron chi connectivity index (χ2n) is 2.91. The Bertz CT molecular complexity index is 93.3. The van der Waals surface area contributed by atoms with Crippen molar-refractivity contribution in [3.8, 4) is 0 Å². The van der Waals surface area contributed by atoms with Crippen LogP contribution in [0.1, 0.15) is 20.8 Å². The minimum atomic E-state index is -0.755. The summed E-state index contributed by atoms with van der Waals surface area (Å²) in [7, 11) is 0. The summed E-state index contributed by atoms with van der Waals surface area (Å²) in [5.74, 6) is 0.233. The predicted molar refractivity (Wildman–Crippen MR) is 43.3 cm³/mol. The number of aliphatic hydroxyl groups excluding tert-OH is 2. The second kappa shape index (κ2) is 5.52. The van der Waals surface area contributed by atoms with Gasteiger partial charge in [0.1, 0.15) is 6.10 Å². The monoisotopic (exact) mass is 162 g/mol. The fourth-order valence-corrected chi connectivity index (χ4v) is 1.04. The first-order valence-corrected chi connectivity index (χ1v) is 4.04. The molecule has 0 spiro atoms. The van der Waals surface area contributed by atoms with Crippen LogP contribution in [0.2, 0.25) is 0 Å². The highest BCUT2D eigenvalue weighted by atomic mass is 16.5. The first-order valence-electron chi connectivity index (χ1n) is 4.04. The normalized spacial score (nSPS) is 16.9. The van der Waals surface area contributed by atoms with E-state index >= 15 is 0 Å². The van der Waals surface area contributed by atoms with Crippen LogP contribution in [0.25, 0.3) is 0 Å². The zero-order valence-electron chi connectivity index (χ0n) is 7.45. The summed E-state index contributed by atoms with van der Waals surface area (Å²) >= 11 is 0. The Kier molecular flexibility index (Phi) is 5.46. The van der Waals surface area contributed by atoms with Crippen LogP contribution in [0, 0.1) is 5.92 Å². The minimum Gasteiger partial charge on any atom is -0.394 e. The average molecular weight is 162 g/mol. The van der Waals surface area contributed by atoms with Crippen molar-refractivity contribution in [1.29, 1.82) is 0 Å². The Balaban J connectivity index is 3.87. The molecule has 0 saturated heterocycles. The van der Waals surface area contributed by atoms with Gasteiger partial charge in [-0.1, -0.05) is 13.8 Å². The van der Waals surface area contributed by atoms with Crippen molar-refractivity contribution in [1.82, 2.24) is 0 Å². The Morgan fingerprint density at radius 2 is 1.91 bits per heavy atom. The summed E-state index contributed by atoms with van der Waals surface area (Å²) in [4.78, 5) is 0. The molecule has 68 valence electrons. The first-order chi connectivity index (χ1) is 5.13. The van der Waals surface area contributed by atoms with Crippen LogP contribution in [-0.4, -0.2) is 35.6 Å². The fourth-order valence-electron chi connectivity index (χ4n) is 1.04. The molecule has 0 aromatic carbocycles. The summed E-state index contributed by atoms with van der Waals surface area (Å²) in [5.41, 5.74) is 0. The van der Waals surface area contributed by atoms with Crippen LogP contribution < -0.4 is 0 Å². The van der Waals surface area contributed by atoms with Crippen LogP contribution >= 0.6 is 0 Å². The molecule has 3 nitrogen and oxygen atoms in total. The molecule has 0 aromatic rings. The van der Waals surface area contributed by atoms with Crippen molar-refractivity contribution < 1.29 is 14.9 Å². The van der Waals surface area contributed by atoms with E-state index in [2.05, 4.69) is 0 Å². The molecule has 0 amide bonds. The van der Waals surface area contributed by atoms with E-state index in [1.807, 2.05) is 20.8 Å². The number of aliphatic hydroxyl groups is 2. The first kappa shape index (κ1) is 10.9. The van der Waals surface area contributed by atoms with Crippen molar-refractivity contribution in [2.45, 2.75) is 33.0 Å². The molecule has 0 aliphatic carbocycles. The largest absolute Gasteiger partial charge is 0.394 e. The quantitative estimate of drug-likeness (QED) is 0.615. The molecule has 0 rings (SSSR count). The smallest absolute Gasteiger partial charge is 0.103 e. The van der Waals surface area contributed by atoms with Gasteiger partial charge in [0.05, 0.1) is 12.7 Å². The molecule has 0 bridgehead atoms. The van der Waals surface area contributed by atoms with Gasteiger partial charge in [0, 0.05) is 6.61 Å². The van der Waals surface area contributed by atoms with Gasteiger partial charge in [-0.05, 0) is 12.8 Å². The molecule has 2 N–H and O–H groups in total. The predicted octanol–water partition coefficient (Wildman–Crippen LogP) is 0.401. The van der Waals surface area contributed by atoms with Crippen LogP contribution in [0.15, 0.2) is 0 Å². The second-order valence-corrected chi connectivity index (χ2v) is 2.91. The number of rotatable bonds is 5. The van der Waals surface area contributed by atoms with Crippen LogP contribution in [-0.2, 0) is 4.74 Å². The van der Waals surface area contributed by atoms with Crippen molar-refractivity contribution in [2.24, 2.45) is 5.92 Å². The topological polar surface area (TPSA) is 49.7 Å². The molecule has 0 heterocycles. The van der Waals surface area contributed by atoms with Gasteiger partial charge < -0.3 is 14.9 Å². The Hall–Kier alpha value is -0.120. The van der Waals surface area contributed by atoms with Gasteiger partial charge >= 0.3 is 0 Å². The lowest BCUT2D eigenvalue weighted by Gasteiger charge is -2.24. The van der Waals surface area contributed by atoms with Gasteiger partial charge in [0.2, 0.25) is 0 Å². The van der Waals surface area contributed by atoms with E-state index < -0.39 is 6.10 Å². The van der Waals surface area contributed by atoms with E-state index in [1.165, 1.54) is 0 Å². The Morgan fingerprint density at radius 1 is 1.36 bits per heavy atom. The maximum Gasteiger partial charge on any atom is 0.103 e. The van der Waals surface area contributed by atoms with Gasteiger partial charge in [0.25, 0.3) is 0 Å².